The lowest BCUT2D eigenvalue weighted by atomic mass is 10.00. The van der Waals surface area contributed by atoms with Crippen LogP contribution in [0, 0.1) is 11.8 Å². The van der Waals surface area contributed by atoms with Gasteiger partial charge in [-0.25, -0.2) is 13.2 Å². The van der Waals surface area contributed by atoms with Gasteiger partial charge < -0.3 is 19.1 Å². The molecule has 312 valence electrons. The highest BCUT2D eigenvalue weighted by atomic mass is 32.2. The van der Waals surface area contributed by atoms with Crippen molar-refractivity contribution in [3.05, 3.63) is 90.3 Å². The van der Waals surface area contributed by atoms with Gasteiger partial charge in [0.1, 0.15) is 11.4 Å². The minimum Gasteiger partial charge on any atom is -0.497 e. The van der Waals surface area contributed by atoms with E-state index in [2.05, 4.69) is 57.2 Å². The smallest absolute Gasteiger partial charge is 0.410 e. The molecular formula is C46H81NO6S. The van der Waals surface area contributed by atoms with Crippen molar-refractivity contribution >= 4 is 26.7 Å². The van der Waals surface area contributed by atoms with Crippen molar-refractivity contribution in [1.29, 1.82) is 0 Å². The molecule has 0 radical (unpaired) electrons. The van der Waals surface area contributed by atoms with Crippen LogP contribution in [0.15, 0.2) is 95.1 Å². The second-order valence-corrected chi connectivity index (χ2v) is 15.5. The quantitative estimate of drug-likeness (QED) is 0.151. The molecule has 1 saturated heterocycles. The van der Waals surface area contributed by atoms with Crippen LogP contribution in [0.4, 0.5) is 4.79 Å². The number of amides is 1. The van der Waals surface area contributed by atoms with Gasteiger partial charge >= 0.3 is 6.09 Å². The fourth-order valence-electron chi connectivity index (χ4n) is 4.61. The third-order valence-corrected chi connectivity index (χ3v) is 8.22. The highest BCUT2D eigenvalue weighted by Gasteiger charge is 2.25. The Labute approximate surface area is 333 Å². The Hall–Kier alpha value is -3.36. The summed E-state index contributed by atoms with van der Waals surface area (Å²) in [6.45, 7) is 34.0. The molecule has 1 fully saturated rings. The van der Waals surface area contributed by atoms with E-state index in [1.165, 1.54) is 17.4 Å². The fraction of sp³-hybridized carbons (Fsp3) is 0.587. The van der Waals surface area contributed by atoms with Crippen LogP contribution < -0.4 is 0 Å². The fourth-order valence-corrected chi connectivity index (χ4v) is 5.26. The first kappa shape index (κ1) is 57.4. The van der Waals surface area contributed by atoms with Gasteiger partial charge in [0, 0.05) is 33.6 Å². The normalized spacial score (nSPS) is 13.2. The number of rotatable bonds is 8. The lowest BCUT2D eigenvalue weighted by Gasteiger charge is -2.32. The van der Waals surface area contributed by atoms with Gasteiger partial charge in [-0.15, -0.1) is 0 Å². The summed E-state index contributed by atoms with van der Waals surface area (Å²) >= 11 is 0. The zero-order valence-electron chi connectivity index (χ0n) is 37.8. The number of methoxy groups -OCH3 is 2. The van der Waals surface area contributed by atoms with E-state index in [4.69, 9.17) is 9.47 Å². The molecule has 2 aromatic rings. The van der Waals surface area contributed by atoms with E-state index in [1.807, 2.05) is 111 Å². The van der Waals surface area contributed by atoms with Crippen LogP contribution in [0.1, 0.15) is 123 Å². The Morgan fingerprint density at radius 2 is 1.44 bits per heavy atom. The van der Waals surface area contributed by atoms with Crippen molar-refractivity contribution < 1.29 is 27.4 Å². The van der Waals surface area contributed by atoms with Crippen molar-refractivity contribution in [3.8, 4) is 0 Å². The molecule has 2 aromatic carbocycles. The third kappa shape index (κ3) is 29.1. The Balaban J connectivity index is -0.000000314. The van der Waals surface area contributed by atoms with E-state index in [1.54, 1.807) is 33.5 Å². The second kappa shape index (κ2) is 34.2. The Bertz CT molecular complexity index is 1440. The van der Waals surface area contributed by atoms with Crippen molar-refractivity contribution in [2.75, 3.05) is 40.7 Å². The first-order chi connectivity index (χ1) is 25.4. The van der Waals surface area contributed by atoms with Crippen molar-refractivity contribution in [2.45, 2.75) is 133 Å². The summed E-state index contributed by atoms with van der Waals surface area (Å²) in [4.78, 5) is 13.8. The number of nitrogens with zero attached hydrogens (tertiary/aromatic N) is 1. The second-order valence-electron chi connectivity index (χ2n) is 13.5. The van der Waals surface area contributed by atoms with Gasteiger partial charge in [0.2, 0.25) is 0 Å². The van der Waals surface area contributed by atoms with E-state index in [9.17, 15) is 13.2 Å². The lowest BCUT2D eigenvalue weighted by molar-refractivity contribution is 0.0190. The van der Waals surface area contributed by atoms with Gasteiger partial charge in [0.25, 0.3) is 0 Å². The summed E-state index contributed by atoms with van der Waals surface area (Å²) < 4.78 is 37.6. The molecule has 0 spiro atoms. The molecule has 54 heavy (non-hydrogen) atoms. The molecule has 0 bridgehead atoms. The summed E-state index contributed by atoms with van der Waals surface area (Å²) in [5.74, 6) is 2.36. The first-order valence-electron chi connectivity index (χ1n) is 19.7. The molecule has 1 heterocycles. The maximum atomic E-state index is 11.6. The zero-order chi connectivity index (χ0) is 42.9. The van der Waals surface area contributed by atoms with Gasteiger partial charge in [0.05, 0.1) is 12.0 Å². The third-order valence-electron chi connectivity index (χ3n) is 7.11. The largest absolute Gasteiger partial charge is 0.497 e. The predicted molar refractivity (Wildman–Crippen MR) is 237 cm³/mol. The molecule has 0 aliphatic carbocycles. The molecule has 8 heteroatoms. The van der Waals surface area contributed by atoms with E-state index >= 15 is 0 Å². The predicted octanol–water partition coefficient (Wildman–Crippen LogP) is 13.3. The molecule has 0 saturated carbocycles. The zero-order valence-corrected chi connectivity index (χ0v) is 38.6. The number of ether oxygens (including phenoxy) is 3. The van der Waals surface area contributed by atoms with Crippen LogP contribution in [0.3, 0.4) is 0 Å². The number of hydrogen-bond donors (Lipinski definition) is 0. The molecule has 1 aliphatic rings. The SMILES string of the molecule is C=C/C(=C\C(OC)=C(/C)CC(C)C)C/C=C/C.CC.CC.CC.CC1CCN(C(=O)OC(C)(C)C)CC1.COC.CS(=O)(=O)c1ccc2ccccc2c1. The number of carbonyl (C=O) groups is 1. The van der Waals surface area contributed by atoms with Crippen LogP contribution in [0.25, 0.3) is 10.8 Å². The Morgan fingerprint density at radius 3 is 1.85 bits per heavy atom. The van der Waals surface area contributed by atoms with Crippen LogP contribution in [0.5, 0.6) is 0 Å². The maximum Gasteiger partial charge on any atom is 0.410 e. The molecule has 0 atom stereocenters. The first-order valence-corrected chi connectivity index (χ1v) is 21.6. The number of likely N-dealkylation sites (tertiary alicyclic amines) is 1. The van der Waals surface area contributed by atoms with Gasteiger partial charge in [-0.2, -0.15) is 0 Å². The number of carbonyl (C=O) groups excluding carboxylic acids is 1. The molecule has 0 unspecified atom stereocenters. The summed E-state index contributed by atoms with van der Waals surface area (Å²) in [5, 5.41) is 2.01. The number of hydrogen-bond acceptors (Lipinski definition) is 6. The topological polar surface area (TPSA) is 82.1 Å². The standard InChI is InChI=1S/C16H26O.C11H21NO2.C11H10O2S.C2H6O.3C2H6/c1-7-9-10-15(8-2)12-16(17-6)14(5)11-13(3)4;1-9-5-7-12(8-6-9)10(13)14-11(2,3)4;1-14(12,13)11-7-6-9-4-2-3-5-10(9)8-11;1-3-2;3*1-2/h7-9,12-13H,2,10-11H2,1,3-6H3;9H,5-8H2,1-4H3;2-8H,1H3;1-2H3;3*1-2H3/b9-7+,15-12+,16-14-;;;;;;. The molecule has 1 amide bonds. The monoisotopic (exact) mass is 776 g/mol. The van der Waals surface area contributed by atoms with Crippen LogP contribution in [-0.2, 0) is 24.0 Å². The van der Waals surface area contributed by atoms with Gasteiger partial charge in [-0.1, -0.05) is 117 Å². The number of sulfone groups is 1. The van der Waals surface area contributed by atoms with E-state index in [0.29, 0.717) is 10.8 Å². The molecule has 7 nitrogen and oxygen atoms in total. The average molecular weight is 776 g/mol. The van der Waals surface area contributed by atoms with E-state index in [0.717, 1.165) is 61.2 Å². The maximum absolute atomic E-state index is 11.6. The molecule has 0 N–H and O–H groups in total. The van der Waals surface area contributed by atoms with Gasteiger partial charge in [-0.05, 0) is 112 Å². The summed E-state index contributed by atoms with van der Waals surface area (Å²) in [6.07, 6.45) is 13.4. The molecular weight excluding hydrogens is 695 g/mol. The highest BCUT2D eigenvalue weighted by molar-refractivity contribution is 7.90. The van der Waals surface area contributed by atoms with Crippen LogP contribution >= 0.6 is 0 Å². The summed E-state index contributed by atoms with van der Waals surface area (Å²) in [6, 6.07) is 12.9. The molecule has 1 aliphatic heterocycles. The number of allylic oxidation sites excluding steroid dienone is 6. The minimum absolute atomic E-state index is 0.163. The van der Waals surface area contributed by atoms with Crippen molar-refractivity contribution in [2.24, 2.45) is 11.8 Å². The van der Waals surface area contributed by atoms with Gasteiger partial charge in [0.15, 0.2) is 9.84 Å². The number of piperidine rings is 1. The van der Waals surface area contributed by atoms with Crippen molar-refractivity contribution in [3.63, 3.8) is 0 Å². The van der Waals surface area contributed by atoms with Crippen molar-refractivity contribution in [1.82, 2.24) is 4.90 Å². The number of benzene rings is 2. The number of fused-ring (bicyclic) bond motifs is 1. The van der Waals surface area contributed by atoms with E-state index in [-0.39, 0.29) is 11.7 Å². The lowest BCUT2D eigenvalue weighted by Crippen LogP contribution is -2.41. The Kier molecular flexibility index (Phi) is 36.3. The van der Waals surface area contributed by atoms with E-state index < -0.39 is 9.84 Å². The van der Waals surface area contributed by atoms with Crippen LogP contribution in [0.2, 0.25) is 0 Å². The summed E-state index contributed by atoms with van der Waals surface area (Å²) in [5.41, 5.74) is 2.10. The molecule has 3 rings (SSSR count). The highest BCUT2D eigenvalue weighted by Crippen LogP contribution is 2.21. The van der Waals surface area contributed by atoms with Gasteiger partial charge in [-0.3, -0.25) is 0 Å². The van der Waals surface area contributed by atoms with Crippen LogP contribution in [-0.4, -0.2) is 65.7 Å². The average Bonchev–Trinajstić information content (AvgIpc) is 3.14. The summed E-state index contributed by atoms with van der Waals surface area (Å²) in [7, 11) is 1.88. The minimum atomic E-state index is -3.09. The Morgan fingerprint density at radius 1 is 0.944 bits per heavy atom. The molecule has 0 aromatic heterocycles.